The van der Waals surface area contributed by atoms with Crippen molar-refractivity contribution in [2.75, 3.05) is 17.5 Å². The van der Waals surface area contributed by atoms with E-state index in [9.17, 15) is 13.2 Å². The highest BCUT2D eigenvalue weighted by molar-refractivity contribution is 7.93. The van der Waals surface area contributed by atoms with Gasteiger partial charge < -0.3 is 9.30 Å². The number of nitrogens with zero attached hydrogens (tertiary/aromatic N) is 5. The highest BCUT2D eigenvalue weighted by Gasteiger charge is 2.30. The van der Waals surface area contributed by atoms with Gasteiger partial charge in [0, 0.05) is 29.9 Å². The lowest BCUT2D eigenvalue weighted by Crippen LogP contribution is -2.36. The lowest BCUT2D eigenvalue weighted by atomic mass is 10.2. The lowest BCUT2D eigenvalue weighted by Gasteiger charge is -2.24. The molecule has 0 aliphatic heterocycles. The van der Waals surface area contributed by atoms with Crippen LogP contribution >= 0.6 is 11.3 Å². The molecule has 5 rings (SSSR count). The summed E-state index contributed by atoms with van der Waals surface area (Å²) in [5, 5.41) is 9.75. The maximum Gasteiger partial charge on any atom is 0.326 e. The number of hydrogen-bond acceptors (Lipinski definition) is 8. The predicted octanol–water partition coefficient (Wildman–Crippen LogP) is 4.60. The summed E-state index contributed by atoms with van der Waals surface area (Å²) in [5.74, 6) is 0.163. The molecule has 0 aliphatic rings. The zero-order chi connectivity index (χ0) is 27.6. The lowest BCUT2D eigenvalue weighted by molar-refractivity contribution is -0.141. The monoisotopic (exact) mass is 559 g/mol. The predicted molar refractivity (Wildman–Crippen MR) is 150 cm³/mol. The van der Waals surface area contributed by atoms with Gasteiger partial charge in [0.1, 0.15) is 28.2 Å². The van der Waals surface area contributed by atoms with Crippen LogP contribution in [-0.4, -0.2) is 42.1 Å². The van der Waals surface area contributed by atoms with Crippen molar-refractivity contribution in [1.82, 2.24) is 14.5 Å². The number of esters is 1. The molecule has 3 aromatic heterocycles. The summed E-state index contributed by atoms with van der Waals surface area (Å²) in [6.45, 7) is 1.31. The van der Waals surface area contributed by atoms with E-state index >= 15 is 0 Å². The Kier molecular flexibility index (Phi) is 7.32. The number of thiophene rings is 1. The van der Waals surface area contributed by atoms with Gasteiger partial charge in [-0.15, -0.1) is 11.3 Å². The number of imidazole rings is 1. The molecule has 0 bridgehead atoms. The third-order valence-electron chi connectivity index (χ3n) is 6.35. The molecule has 39 heavy (non-hydrogen) atoms. The Bertz CT molecular complexity index is 1830. The van der Waals surface area contributed by atoms with Gasteiger partial charge in [0.2, 0.25) is 0 Å². The second kappa shape index (κ2) is 10.8. The number of aryl methyl sites for hydroxylation is 3. The molecule has 0 aliphatic carbocycles. The van der Waals surface area contributed by atoms with Crippen LogP contribution in [0.4, 0.5) is 5.69 Å². The fraction of sp³-hybridized carbons (Fsp3) is 0.214. The number of nitriles is 1. The van der Waals surface area contributed by atoms with E-state index in [2.05, 4.69) is 11.1 Å². The first-order valence-corrected chi connectivity index (χ1v) is 14.5. The van der Waals surface area contributed by atoms with Crippen molar-refractivity contribution in [3.63, 3.8) is 0 Å². The van der Waals surface area contributed by atoms with Crippen LogP contribution in [0.2, 0.25) is 0 Å². The Morgan fingerprint density at radius 2 is 1.95 bits per heavy atom. The van der Waals surface area contributed by atoms with Gasteiger partial charge in [0.15, 0.2) is 0 Å². The molecule has 0 radical (unpaired) electrons. The van der Waals surface area contributed by atoms with Crippen LogP contribution in [0.5, 0.6) is 0 Å². The van der Waals surface area contributed by atoms with Crippen molar-refractivity contribution in [1.29, 1.82) is 5.26 Å². The summed E-state index contributed by atoms with van der Waals surface area (Å²) in [6, 6.07) is 19.5. The van der Waals surface area contributed by atoms with Crippen molar-refractivity contribution in [3.05, 3.63) is 82.4 Å². The standard InChI is InChI=1S/C28H25N5O4S2/c1-3-37-27(34)18-33(39(35,36)25-8-4-6-19-7-5-15-30-28(19)25)20-9-13-24-23(16-20)31-26(32(24)2)14-12-21-10-11-22(17-29)38-21/h4-11,13,15-16H,3,12,14,18H2,1-2H3. The van der Waals surface area contributed by atoms with Gasteiger partial charge >= 0.3 is 5.97 Å². The van der Waals surface area contributed by atoms with Gasteiger partial charge in [-0.25, -0.2) is 13.4 Å². The molecule has 0 unspecified atom stereocenters. The minimum atomic E-state index is -4.20. The smallest absolute Gasteiger partial charge is 0.326 e. The Hall–Kier alpha value is -4.27. The van der Waals surface area contributed by atoms with Crippen molar-refractivity contribution in [3.8, 4) is 6.07 Å². The normalized spacial score (nSPS) is 11.5. The Morgan fingerprint density at radius 3 is 2.72 bits per heavy atom. The number of sulfonamides is 1. The zero-order valence-corrected chi connectivity index (χ0v) is 23.0. The van der Waals surface area contributed by atoms with Crippen LogP contribution in [0.25, 0.3) is 21.9 Å². The minimum absolute atomic E-state index is 0.000563. The Balaban J connectivity index is 1.54. The number of carbonyl (C=O) groups is 1. The van der Waals surface area contributed by atoms with Gasteiger partial charge in [-0.1, -0.05) is 18.2 Å². The average molecular weight is 560 g/mol. The van der Waals surface area contributed by atoms with E-state index in [0.717, 1.165) is 26.9 Å². The SMILES string of the molecule is CCOC(=O)CN(c1ccc2c(c1)nc(CCc1ccc(C#N)s1)n2C)S(=O)(=O)c1cccc2cccnc12. The molecule has 0 saturated heterocycles. The Labute approximate surface area is 230 Å². The second-order valence-electron chi connectivity index (χ2n) is 8.79. The summed E-state index contributed by atoms with van der Waals surface area (Å²) in [5.41, 5.74) is 2.06. The largest absolute Gasteiger partial charge is 0.465 e. The fourth-order valence-corrected chi connectivity index (χ4v) is 6.84. The minimum Gasteiger partial charge on any atom is -0.465 e. The number of carbonyl (C=O) groups excluding carboxylic acids is 1. The number of benzene rings is 2. The van der Waals surface area contributed by atoms with Crippen LogP contribution in [0.3, 0.4) is 0 Å². The number of anilines is 1. The maximum absolute atomic E-state index is 14.0. The van der Waals surface area contributed by atoms with Crippen molar-refractivity contribution in [2.45, 2.75) is 24.7 Å². The Morgan fingerprint density at radius 1 is 1.13 bits per heavy atom. The molecule has 0 saturated carbocycles. The van der Waals surface area contributed by atoms with Crippen LogP contribution in [0.15, 0.2) is 71.8 Å². The first-order valence-electron chi connectivity index (χ1n) is 12.3. The van der Waals surface area contributed by atoms with Gasteiger partial charge in [-0.2, -0.15) is 5.26 Å². The number of fused-ring (bicyclic) bond motifs is 2. The van der Waals surface area contributed by atoms with Gasteiger partial charge in [-0.05, 0) is 55.8 Å². The van der Waals surface area contributed by atoms with E-state index in [4.69, 9.17) is 15.0 Å². The summed E-state index contributed by atoms with van der Waals surface area (Å²) in [6.07, 6.45) is 2.92. The number of ether oxygens (including phenoxy) is 1. The molecule has 0 N–H and O–H groups in total. The molecular formula is C28H25N5O4S2. The van der Waals surface area contributed by atoms with Crippen LogP contribution in [0, 0.1) is 11.3 Å². The summed E-state index contributed by atoms with van der Waals surface area (Å²) in [4.78, 5) is 23.4. The molecule has 11 heteroatoms. The summed E-state index contributed by atoms with van der Waals surface area (Å²) in [7, 11) is -2.29. The highest BCUT2D eigenvalue weighted by atomic mass is 32.2. The van der Waals surface area contributed by atoms with Crippen molar-refractivity contribution in [2.24, 2.45) is 7.05 Å². The first-order chi connectivity index (χ1) is 18.8. The molecule has 0 spiro atoms. The van der Waals surface area contributed by atoms with Gasteiger partial charge in [0.25, 0.3) is 10.0 Å². The molecular weight excluding hydrogens is 534 g/mol. The van der Waals surface area contributed by atoms with Crippen molar-refractivity contribution < 1.29 is 17.9 Å². The molecule has 198 valence electrons. The average Bonchev–Trinajstić information content (AvgIpc) is 3.53. The fourth-order valence-electron chi connectivity index (χ4n) is 4.47. The number of para-hydroxylation sites is 1. The van der Waals surface area contributed by atoms with Crippen LogP contribution < -0.4 is 4.31 Å². The molecule has 0 fully saturated rings. The molecule has 0 atom stereocenters. The molecule has 2 aromatic carbocycles. The van der Waals surface area contributed by atoms with E-state index in [-0.39, 0.29) is 11.5 Å². The van der Waals surface area contributed by atoms with Crippen LogP contribution in [0.1, 0.15) is 22.5 Å². The van der Waals surface area contributed by atoms with E-state index < -0.39 is 22.5 Å². The summed E-state index contributed by atoms with van der Waals surface area (Å²) < 4.78 is 36.2. The van der Waals surface area contributed by atoms with E-state index in [1.807, 2.05) is 23.7 Å². The van der Waals surface area contributed by atoms with E-state index in [1.165, 1.54) is 23.6 Å². The third kappa shape index (κ3) is 5.21. The number of rotatable bonds is 9. The number of pyridine rings is 1. The van der Waals surface area contributed by atoms with Gasteiger partial charge in [-0.3, -0.25) is 14.1 Å². The third-order valence-corrected chi connectivity index (χ3v) is 9.21. The number of hydrogen-bond donors (Lipinski definition) is 0. The number of aromatic nitrogens is 3. The molecule has 3 heterocycles. The quantitative estimate of drug-likeness (QED) is 0.242. The maximum atomic E-state index is 14.0. The molecule has 5 aromatic rings. The zero-order valence-electron chi connectivity index (χ0n) is 21.4. The van der Waals surface area contributed by atoms with E-state index in [1.54, 1.807) is 49.4 Å². The summed E-state index contributed by atoms with van der Waals surface area (Å²) >= 11 is 1.46. The molecule has 0 amide bonds. The topological polar surface area (TPSA) is 118 Å². The van der Waals surface area contributed by atoms with Crippen molar-refractivity contribution >= 4 is 55.0 Å². The van der Waals surface area contributed by atoms with Gasteiger partial charge in [0.05, 0.1) is 28.8 Å². The molecule has 9 nitrogen and oxygen atoms in total. The van der Waals surface area contributed by atoms with E-state index in [0.29, 0.717) is 33.4 Å². The highest BCUT2D eigenvalue weighted by Crippen LogP contribution is 2.30. The van der Waals surface area contributed by atoms with Crippen LogP contribution in [-0.2, 0) is 39.4 Å². The first kappa shape index (κ1) is 26.3. The second-order valence-corrected chi connectivity index (χ2v) is 11.8.